The van der Waals surface area contributed by atoms with E-state index in [0.29, 0.717) is 6.54 Å². The van der Waals surface area contributed by atoms with Crippen LogP contribution in [-0.2, 0) is 4.79 Å². The third-order valence-electron chi connectivity index (χ3n) is 2.53. The van der Waals surface area contributed by atoms with Crippen molar-refractivity contribution in [2.45, 2.75) is 6.92 Å². The summed E-state index contributed by atoms with van der Waals surface area (Å²) in [6, 6.07) is 0. The van der Waals surface area contributed by atoms with Crippen LogP contribution in [-0.4, -0.2) is 12.5 Å². The fourth-order valence-corrected chi connectivity index (χ4v) is 1.62. The Morgan fingerprint density at radius 2 is 2.43 bits per heavy atom. The van der Waals surface area contributed by atoms with Gasteiger partial charge in [-0.1, -0.05) is 24.1 Å². The van der Waals surface area contributed by atoms with Crippen LogP contribution in [0.25, 0.3) is 0 Å². The summed E-state index contributed by atoms with van der Waals surface area (Å²) < 4.78 is 0. The van der Waals surface area contributed by atoms with Gasteiger partial charge in [-0.15, -0.1) is 6.42 Å². The molecule has 1 aliphatic heterocycles. The normalized spacial score (nSPS) is 29.6. The molecule has 2 rings (SSSR count). The molecule has 1 atom stereocenters. The molecule has 1 heterocycles. The third kappa shape index (κ3) is 1.27. The van der Waals surface area contributed by atoms with Crippen LogP contribution >= 0.6 is 0 Å². The van der Waals surface area contributed by atoms with Gasteiger partial charge < -0.3 is 5.32 Å². The Morgan fingerprint density at radius 3 is 3.14 bits per heavy atom. The maximum atomic E-state index is 11.4. The lowest BCUT2D eigenvalue weighted by molar-refractivity contribution is -0.116. The lowest BCUT2D eigenvalue weighted by Gasteiger charge is -2.13. The van der Waals surface area contributed by atoms with E-state index in [9.17, 15) is 4.79 Å². The molecule has 0 aromatic carbocycles. The number of rotatable bonds is 0. The van der Waals surface area contributed by atoms with E-state index in [0.717, 1.165) is 11.1 Å². The van der Waals surface area contributed by atoms with Crippen molar-refractivity contribution in [2.24, 2.45) is 5.41 Å². The van der Waals surface area contributed by atoms with E-state index >= 15 is 0 Å². The van der Waals surface area contributed by atoms with Gasteiger partial charge in [0.25, 0.3) is 5.91 Å². The van der Waals surface area contributed by atoms with Crippen molar-refractivity contribution in [1.29, 1.82) is 0 Å². The van der Waals surface area contributed by atoms with Gasteiger partial charge >= 0.3 is 0 Å². The molecular weight excluding hydrogens is 174 g/mol. The molecule has 1 aliphatic carbocycles. The molecule has 2 heteroatoms. The molecule has 0 aromatic rings. The lowest BCUT2D eigenvalue weighted by atomic mass is 9.89. The predicted octanol–water partition coefficient (Wildman–Crippen LogP) is 1.18. The Morgan fingerprint density at radius 1 is 1.64 bits per heavy atom. The Labute approximate surface area is 83.4 Å². The molecule has 70 valence electrons. The van der Waals surface area contributed by atoms with Crippen molar-refractivity contribution < 1.29 is 4.79 Å². The Bertz CT molecular complexity index is 420. The first-order valence-corrected chi connectivity index (χ1v) is 4.52. The van der Waals surface area contributed by atoms with Crippen LogP contribution in [0.3, 0.4) is 0 Å². The van der Waals surface area contributed by atoms with Gasteiger partial charge in [0.1, 0.15) is 0 Å². The minimum Gasteiger partial charge on any atom is -0.348 e. The highest BCUT2D eigenvalue weighted by atomic mass is 16.2. The quantitative estimate of drug-likeness (QED) is 0.564. The number of nitrogens with one attached hydrogen (secondary N) is 1. The smallest absolute Gasteiger partial charge is 0.251 e. The summed E-state index contributed by atoms with van der Waals surface area (Å²) in [5.41, 5.74) is 1.29. The zero-order chi connectivity index (χ0) is 10.2. The topological polar surface area (TPSA) is 29.1 Å². The molecule has 1 amide bonds. The highest BCUT2D eigenvalue weighted by Gasteiger charge is 2.27. The van der Waals surface area contributed by atoms with Gasteiger partial charge in [-0.25, -0.2) is 0 Å². The van der Waals surface area contributed by atoms with E-state index in [1.54, 1.807) is 0 Å². The summed E-state index contributed by atoms with van der Waals surface area (Å²) in [4.78, 5) is 11.4. The lowest BCUT2D eigenvalue weighted by Crippen LogP contribution is -2.16. The van der Waals surface area contributed by atoms with Gasteiger partial charge in [0.2, 0.25) is 0 Å². The average molecular weight is 185 g/mol. The summed E-state index contributed by atoms with van der Waals surface area (Å²) in [6.45, 7) is 2.52. The van der Waals surface area contributed by atoms with E-state index in [2.05, 4.69) is 11.2 Å². The molecule has 0 radical (unpaired) electrons. The minimum atomic E-state index is -0.449. The molecule has 0 aromatic heterocycles. The van der Waals surface area contributed by atoms with Crippen LogP contribution in [0.5, 0.6) is 0 Å². The van der Waals surface area contributed by atoms with Crippen molar-refractivity contribution in [3.63, 3.8) is 0 Å². The van der Waals surface area contributed by atoms with Crippen molar-refractivity contribution in [1.82, 2.24) is 5.32 Å². The van der Waals surface area contributed by atoms with Gasteiger partial charge in [0.15, 0.2) is 0 Å². The van der Waals surface area contributed by atoms with Crippen LogP contribution in [0.2, 0.25) is 0 Å². The number of allylic oxidation sites excluding steroid dienone is 4. The number of terminal acetylenes is 1. The molecule has 1 saturated heterocycles. The number of amides is 1. The second-order valence-corrected chi connectivity index (χ2v) is 3.72. The number of fused-ring (bicyclic) bond motifs is 1. The SMILES string of the molecule is C#CC1(C)C=CC=C2CNC(=O)C2=C1. The van der Waals surface area contributed by atoms with E-state index < -0.39 is 5.41 Å². The molecule has 0 spiro atoms. The predicted molar refractivity (Wildman–Crippen MR) is 55.3 cm³/mol. The summed E-state index contributed by atoms with van der Waals surface area (Å²) in [6.07, 6.45) is 13.1. The maximum Gasteiger partial charge on any atom is 0.251 e. The van der Waals surface area contributed by atoms with Crippen LogP contribution in [0.1, 0.15) is 6.92 Å². The maximum absolute atomic E-state index is 11.4. The van der Waals surface area contributed by atoms with Crippen molar-refractivity contribution in [3.8, 4) is 12.3 Å². The second-order valence-electron chi connectivity index (χ2n) is 3.72. The molecule has 1 N–H and O–H groups in total. The summed E-state index contributed by atoms with van der Waals surface area (Å²) >= 11 is 0. The van der Waals surface area contributed by atoms with Gasteiger partial charge in [-0.3, -0.25) is 4.79 Å². The van der Waals surface area contributed by atoms with Crippen LogP contribution in [0, 0.1) is 17.8 Å². The van der Waals surface area contributed by atoms with Crippen LogP contribution < -0.4 is 5.32 Å². The molecular formula is C12H11NO. The zero-order valence-electron chi connectivity index (χ0n) is 8.00. The summed E-state index contributed by atoms with van der Waals surface area (Å²) in [5, 5.41) is 2.77. The highest BCUT2D eigenvalue weighted by molar-refractivity contribution is 6.01. The largest absolute Gasteiger partial charge is 0.348 e. The Hall–Kier alpha value is -1.75. The van der Waals surface area contributed by atoms with Gasteiger partial charge in [0, 0.05) is 12.1 Å². The number of hydrogen-bond donors (Lipinski definition) is 1. The summed E-state index contributed by atoms with van der Waals surface area (Å²) in [7, 11) is 0. The monoisotopic (exact) mass is 185 g/mol. The first-order chi connectivity index (χ1) is 6.64. The van der Waals surface area contributed by atoms with Crippen molar-refractivity contribution in [2.75, 3.05) is 6.54 Å². The second kappa shape index (κ2) is 2.88. The molecule has 2 aliphatic rings. The third-order valence-corrected chi connectivity index (χ3v) is 2.53. The van der Waals surface area contributed by atoms with Gasteiger partial charge in [0.05, 0.1) is 5.41 Å². The standard InChI is InChI=1S/C12H11NO/c1-3-12(2)6-4-5-9-8-13-11(14)10(9)7-12/h1,4-7H,8H2,2H3,(H,13,14). The van der Waals surface area contributed by atoms with Gasteiger partial charge in [-0.05, 0) is 18.6 Å². The van der Waals surface area contributed by atoms with E-state index in [1.807, 2.05) is 31.2 Å². The average Bonchev–Trinajstić information content (AvgIpc) is 2.42. The number of hydrogen-bond acceptors (Lipinski definition) is 1. The molecule has 1 unspecified atom stereocenters. The molecule has 2 nitrogen and oxygen atoms in total. The zero-order valence-corrected chi connectivity index (χ0v) is 8.00. The molecule has 1 fully saturated rings. The molecule has 0 saturated carbocycles. The number of carbonyl (C=O) groups excluding carboxylic acids is 1. The van der Waals surface area contributed by atoms with E-state index in [-0.39, 0.29) is 5.91 Å². The van der Waals surface area contributed by atoms with Crippen LogP contribution in [0.4, 0.5) is 0 Å². The fraction of sp³-hybridized carbons (Fsp3) is 0.250. The molecule has 0 bridgehead atoms. The first kappa shape index (κ1) is 8.83. The van der Waals surface area contributed by atoms with E-state index in [4.69, 9.17) is 6.42 Å². The summed E-state index contributed by atoms with van der Waals surface area (Å²) in [5.74, 6) is 2.65. The Balaban J connectivity index is 2.52. The number of carbonyl (C=O) groups is 1. The fourth-order valence-electron chi connectivity index (χ4n) is 1.62. The van der Waals surface area contributed by atoms with Crippen molar-refractivity contribution in [3.05, 3.63) is 35.5 Å². The van der Waals surface area contributed by atoms with Crippen LogP contribution in [0.15, 0.2) is 35.5 Å². The highest BCUT2D eigenvalue weighted by Crippen LogP contribution is 2.29. The molecule has 14 heavy (non-hydrogen) atoms. The van der Waals surface area contributed by atoms with Gasteiger partial charge in [-0.2, -0.15) is 0 Å². The first-order valence-electron chi connectivity index (χ1n) is 4.52. The minimum absolute atomic E-state index is 0.0265. The van der Waals surface area contributed by atoms with Crippen molar-refractivity contribution >= 4 is 5.91 Å². The Kier molecular flexibility index (Phi) is 1.82. The van der Waals surface area contributed by atoms with E-state index in [1.165, 1.54) is 0 Å².